The van der Waals surface area contributed by atoms with Gasteiger partial charge in [0.25, 0.3) is 0 Å². The van der Waals surface area contributed by atoms with E-state index in [0.29, 0.717) is 0 Å². The number of hydrogen-bond acceptors (Lipinski definition) is 2. The number of allylic oxidation sites excluding steroid dienone is 4. The third-order valence-corrected chi connectivity index (χ3v) is 21.5. The minimum atomic E-state index is -0.162. The van der Waals surface area contributed by atoms with Crippen molar-refractivity contribution >= 4 is 61.2 Å². The molecule has 0 saturated heterocycles. The molecule has 2 heterocycles. The molecule has 12 aromatic carbocycles. The van der Waals surface area contributed by atoms with Gasteiger partial charge in [0.15, 0.2) is 0 Å². The van der Waals surface area contributed by atoms with E-state index in [9.17, 15) is 0 Å². The summed E-state index contributed by atoms with van der Waals surface area (Å²) in [6.07, 6.45) is 15.1. The summed E-state index contributed by atoms with van der Waals surface area (Å²) < 4.78 is 0. The molecule has 2 nitrogen and oxygen atoms in total. The first-order valence-electron chi connectivity index (χ1n) is 31.5. The van der Waals surface area contributed by atoms with Crippen LogP contribution in [-0.2, 0) is 62.2 Å². The largest absolute Gasteiger partial charge is 0.310 e. The Labute approximate surface area is 503 Å². The summed E-state index contributed by atoms with van der Waals surface area (Å²) in [5.41, 5.74) is 35.4. The van der Waals surface area contributed by atoms with Crippen LogP contribution in [0.25, 0.3) is 60.5 Å². The molecular formula is C84H62N2. The summed E-state index contributed by atoms with van der Waals surface area (Å²) >= 11 is 0. The predicted molar refractivity (Wildman–Crippen MR) is 357 cm³/mol. The van der Waals surface area contributed by atoms with Gasteiger partial charge in [0, 0.05) is 45.0 Å². The first-order chi connectivity index (χ1) is 42.6. The van der Waals surface area contributed by atoms with Gasteiger partial charge in [0.05, 0.1) is 0 Å². The Kier molecular flexibility index (Phi) is 10.4. The third kappa shape index (κ3) is 6.90. The van der Waals surface area contributed by atoms with Crippen LogP contribution in [0.4, 0.5) is 34.1 Å². The normalized spacial score (nSPS) is 16.7. The van der Waals surface area contributed by atoms with E-state index in [0.717, 1.165) is 64.2 Å². The summed E-state index contributed by atoms with van der Waals surface area (Å²) in [5.74, 6) is 0. The standard InChI is InChI=1S/C84H62N2/c1-2-22-60-50-83(49-59(60)21-1)73-27-11-9-25-65(73)67-41-37-57(45-75(67)83)81-69-43-39-64(86-79-31-15-7-19-55(79)35-36-56-20-8-16-32-80(56)86)48-72(69)82(58-38-42-68-66-26-10-12-28-74(66)84(76(68)46-58)51-61-23-3-4-24-62(61)52-84)70-44-40-63(47-71(70)81)85-77-29-13-5-17-53(77)33-34-54-18-6-14-30-78(54)85/h1-11,13-27,29-32,37-48H,12,28,33-36,49-52H2. The fraction of sp³-hybridized carbons (Fsp3) is 0.143. The first-order valence-corrected chi connectivity index (χ1v) is 31.5. The zero-order valence-electron chi connectivity index (χ0n) is 48.2. The molecule has 0 N–H and O–H groups in total. The lowest BCUT2D eigenvalue weighted by atomic mass is 9.72. The van der Waals surface area contributed by atoms with Gasteiger partial charge in [-0.3, -0.25) is 0 Å². The Morgan fingerprint density at radius 2 is 0.686 bits per heavy atom. The number of benzene rings is 12. The Morgan fingerprint density at radius 3 is 1.17 bits per heavy atom. The second kappa shape index (κ2) is 18.4. The van der Waals surface area contributed by atoms with Crippen LogP contribution in [0.15, 0.2) is 260 Å². The van der Waals surface area contributed by atoms with Gasteiger partial charge in [0.1, 0.15) is 0 Å². The van der Waals surface area contributed by atoms with E-state index in [1.165, 1.54) is 161 Å². The molecule has 0 aromatic heterocycles. The van der Waals surface area contributed by atoms with Crippen LogP contribution in [0.5, 0.6) is 0 Å². The van der Waals surface area contributed by atoms with Crippen LogP contribution in [0.2, 0.25) is 0 Å². The molecular weight excluding hydrogens is 1040 g/mol. The second-order valence-electron chi connectivity index (χ2n) is 25.7. The van der Waals surface area contributed by atoms with E-state index in [-0.39, 0.29) is 10.8 Å². The van der Waals surface area contributed by atoms with Gasteiger partial charge < -0.3 is 9.80 Å². The molecule has 0 fully saturated rings. The summed E-state index contributed by atoms with van der Waals surface area (Å²) in [6, 6.07) is 94.7. The molecule has 0 saturated carbocycles. The molecule has 19 rings (SSSR count). The molecule has 0 unspecified atom stereocenters. The number of anilines is 6. The molecule has 5 aliphatic carbocycles. The molecule has 2 spiro atoms. The average Bonchev–Trinajstić information content (AvgIpc) is 1.53. The summed E-state index contributed by atoms with van der Waals surface area (Å²) in [7, 11) is 0. The topological polar surface area (TPSA) is 6.48 Å². The van der Waals surface area contributed by atoms with Gasteiger partial charge in [-0.15, -0.1) is 0 Å². The Hall–Kier alpha value is -9.76. The van der Waals surface area contributed by atoms with E-state index in [1.54, 1.807) is 5.57 Å². The molecule has 0 amide bonds. The quantitative estimate of drug-likeness (QED) is 0.162. The van der Waals surface area contributed by atoms with Crippen molar-refractivity contribution in [3.8, 4) is 33.4 Å². The molecule has 408 valence electrons. The van der Waals surface area contributed by atoms with Crippen LogP contribution in [0.1, 0.15) is 79.6 Å². The Morgan fingerprint density at radius 1 is 0.291 bits per heavy atom. The van der Waals surface area contributed by atoms with Crippen LogP contribution >= 0.6 is 0 Å². The van der Waals surface area contributed by atoms with Gasteiger partial charge in [-0.25, -0.2) is 0 Å². The number of hydrogen-bond donors (Lipinski definition) is 0. The van der Waals surface area contributed by atoms with Gasteiger partial charge >= 0.3 is 0 Å². The Bertz CT molecular complexity index is 4840. The molecule has 2 aliphatic heterocycles. The lowest BCUT2D eigenvalue weighted by Crippen LogP contribution is -2.27. The van der Waals surface area contributed by atoms with E-state index in [1.807, 2.05) is 0 Å². The number of nitrogens with zero attached hydrogens (tertiary/aromatic N) is 2. The summed E-state index contributed by atoms with van der Waals surface area (Å²) in [6.45, 7) is 0. The van der Waals surface area contributed by atoms with Gasteiger partial charge in [0.2, 0.25) is 0 Å². The van der Waals surface area contributed by atoms with Crippen LogP contribution in [0, 0.1) is 0 Å². The highest BCUT2D eigenvalue weighted by atomic mass is 15.2. The molecule has 0 bridgehead atoms. The fourth-order valence-electron chi connectivity index (χ4n) is 17.8. The molecule has 0 atom stereocenters. The van der Waals surface area contributed by atoms with E-state index in [4.69, 9.17) is 0 Å². The van der Waals surface area contributed by atoms with Crippen molar-refractivity contribution in [3.05, 3.63) is 327 Å². The number of aryl methyl sites for hydroxylation is 4. The maximum atomic E-state index is 2.67. The summed E-state index contributed by atoms with van der Waals surface area (Å²) in [5, 5.41) is 5.08. The highest BCUT2D eigenvalue weighted by Crippen LogP contribution is 2.60. The van der Waals surface area contributed by atoms with E-state index < -0.39 is 0 Å². The van der Waals surface area contributed by atoms with Crippen molar-refractivity contribution in [2.45, 2.75) is 75.0 Å². The fourth-order valence-corrected chi connectivity index (χ4v) is 17.8. The van der Waals surface area contributed by atoms with E-state index in [2.05, 4.69) is 265 Å². The number of para-hydroxylation sites is 4. The van der Waals surface area contributed by atoms with Crippen molar-refractivity contribution in [2.75, 3.05) is 9.80 Å². The van der Waals surface area contributed by atoms with E-state index >= 15 is 0 Å². The minimum Gasteiger partial charge on any atom is -0.310 e. The molecule has 12 aromatic rings. The van der Waals surface area contributed by atoms with Crippen molar-refractivity contribution < 1.29 is 0 Å². The lowest BCUT2D eigenvalue weighted by molar-refractivity contribution is 0.526. The first kappa shape index (κ1) is 48.6. The van der Waals surface area contributed by atoms with Crippen molar-refractivity contribution in [3.63, 3.8) is 0 Å². The van der Waals surface area contributed by atoms with Crippen LogP contribution in [0.3, 0.4) is 0 Å². The molecule has 2 heteroatoms. The highest BCUT2D eigenvalue weighted by molar-refractivity contribution is 6.23. The van der Waals surface area contributed by atoms with Gasteiger partial charge in [-0.2, -0.15) is 0 Å². The predicted octanol–water partition coefficient (Wildman–Crippen LogP) is 20.7. The minimum absolute atomic E-state index is 0.0795. The van der Waals surface area contributed by atoms with Crippen LogP contribution < -0.4 is 9.80 Å². The van der Waals surface area contributed by atoms with Crippen molar-refractivity contribution in [1.29, 1.82) is 0 Å². The lowest BCUT2D eigenvalue weighted by Gasteiger charge is -2.31. The second-order valence-corrected chi connectivity index (χ2v) is 25.7. The SMILES string of the molecule is C1=CC2=C(CC1)C1(Cc3ccccc3C1)c1cc(-c3c4ccc(N5c6ccccc6CCc6ccccc65)cc4c(-c4ccc5c(c4)C4(Cc6ccccc6C4)c4ccccc4-5)c4ccc(N5c6ccccc6CCc6ccccc65)cc34)ccc12. The summed E-state index contributed by atoms with van der Waals surface area (Å²) in [4.78, 5) is 5.15. The Balaban J connectivity index is 0.924. The van der Waals surface area contributed by atoms with Crippen molar-refractivity contribution in [1.82, 2.24) is 0 Å². The number of fused-ring (bicyclic) bond motifs is 17. The average molecular weight is 1100 g/mol. The monoisotopic (exact) mass is 1100 g/mol. The number of rotatable bonds is 4. The molecule has 7 aliphatic rings. The van der Waals surface area contributed by atoms with Gasteiger partial charge in [-0.05, 0) is 252 Å². The van der Waals surface area contributed by atoms with Gasteiger partial charge in [-0.1, -0.05) is 200 Å². The molecule has 0 radical (unpaired) electrons. The van der Waals surface area contributed by atoms with Crippen molar-refractivity contribution in [2.24, 2.45) is 0 Å². The maximum Gasteiger partial charge on any atom is 0.0493 e. The maximum absolute atomic E-state index is 2.67. The zero-order chi connectivity index (χ0) is 56.2. The van der Waals surface area contributed by atoms with Crippen LogP contribution in [-0.4, -0.2) is 0 Å². The smallest absolute Gasteiger partial charge is 0.0493 e. The molecule has 86 heavy (non-hydrogen) atoms. The highest BCUT2D eigenvalue weighted by Gasteiger charge is 2.49. The third-order valence-electron chi connectivity index (χ3n) is 21.5. The zero-order valence-corrected chi connectivity index (χ0v) is 48.2.